The number of benzene rings is 1. The van der Waals surface area contributed by atoms with Gasteiger partial charge in [0.2, 0.25) is 0 Å². The highest BCUT2D eigenvalue weighted by Gasteiger charge is 2.43. The second-order valence-electron chi connectivity index (χ2n) is 11.1. The first-order chi connectivity index (χ1) is 16.1. The number of amides is 1. The van der Waals surface area contributed by atoms with Crippen LogP contribution in [0.25, 0.3) is 0 Å². The smallest absolute Gasteiger partial charge is 0.410 e. The molecule has 3 aliphatic heterocycles. The lowest BCUT2D eigenvalue weighted by molar-refractivity contribution is -0.0370. The molecule has 0 spiro atoms. The second kappa shape index (κ2) is 10.2. The van der Waals surface area contributed by atoms with Crippen molar-refractivity contribution in [2.75, 3.05) is 39.3 Å². The maximum atomic E-state index is 15.1. The van der Waals surface area contributed by atoms with Crippen molar-refractivity contribution >= 4 is 6.09 Å². The minimum absolute atomic E-state index is 0.218. The molecule has 1 aromatic carbocycles. The van der Waals surface area contributed by atoms with Gasteiger partial charge in [-0.05, 0) is 69.9 Å². The van der Waals surface area contributed by atoms with Gasteiger partial charge in [-0.2, -0.15) is 8.78 Å². The number of alkyl halides is 2. The predicted octanol–water partition coefficient (Wildman–Crippen LogP) is 5.38. The van der Waals surface area contributed by atoms with Crippen molar-refractivity contribution < 1.29 is 18.3 Å². The highest BCUT2D eigenvalue weighted by Crippen LogP contribution is 2.38. The number of carbonyl (C=O) groups is 1. The fourth-order valence-corrected chi connectivity index (χ4v) is 5.61. The van der Waals surface area contributed by atoms with Crippen molar-refractivity contribution in [1.29, 1.82) is 0 Å². The van der Waals surface area contributed by atoms with Gasteiger partial charge in [0.1, 0.15) is 5.60 Å². The predicted molar refractivity (Wildman–Crippen MR) is 130 cm³/mol. The third kappa shape index (κ3) is 6.29. The van der Waals surface area contributed by atoms with E-state index in [0.29, 0.717) is 38.0 Å². The summed E-state index contributed by atoms with van der Waals surface area (Å²) in [6.45, 7) is 9.37. The van der Waals surface area contributed by atoms with E-state index in [9.17, 15) is 4.79 Å². The average molecular weight is 476 g/mol. The van der Waals surface area contributed by atoms with Crippen LogP contribution >= 0.6 is 0 Å². The molecule has 2 fully saturated rings. The van der Waals surface area contributed by atoms with Gasteiger partial charge in [-0.1, -0.05) is 30.3 Å². The van der Waals surface area contributed by atoms with Crippen LogP contribution in [0.1, 0.15) is 52.0 Å². The zero-order chi connectivity index (χ0) is 24.3. The molecular formula is C27H39F2N3O2. The Kier molecular flexibility index (Phi) is 7.51. The molecule has 2 saturated heterocycles. The van der Waals surface area contributed by atoms with Gasteiger partial charge in [0, 0.05) is 39.3 Å². The molecule has 0 saturated carbocycles. The van der Waals surface area contributed by atoms with Gasteiger partial charge < -0.3 is 14.5 Å². The number of hydrogen-bond acceptors (Lipinski definition) is 4. The molecule has 4 rings (SSSR count). The van der Waals surface area contributed by atoms with E-state index in [1.807, 2.05) is 65.8 Å². The normalized spacial score (nSPS) is 23.0. The van der Waals surface area contributed by atoms with Crippen LogP contribution in [0.2, 0.25) is 0 Å². The monoisotopic (exact) mass is 475 g/mol. The Morgan fingerprint density at radius 2 is 1.59 bits per heavy atom. The first-order valence-electron chi connectivity index (χ1n) is 12.7. The fourth-order valence-electron chi connectivity index (χ4n) is 5.61. The molecule has 7 heteroatoms. The average Bonchev–Trinajstić information content (AvgIpc) is 2.78. The number of piperidine rings is 2. The van der Waals surface area contributed by atoms with E-state index in [0.717, 1.165) is 44.3 Å². The summed E-state index contributed by atoms with van der Waals surface area (Å²) in [5.41, 5.74) is 0.804. The van der Waals surface area contributed by atoms with E-state index in [2.05, 4.69) is 0 Å². The molecule has 188 valence electrons. The van der Waals surface area contributed by atoms with Crippen molar-refractivity contribution in [3.05, 3.63) is 47.7 Å². The van der Waals surface area contributed by atoms with Crippen molar-refractivity contribution in [1.82, 2.24) is 14.7 Å². The van der Waals surface area contributed by atoms with Crippen LogP contribution < -0.4 is 0 Å². The van der Waals surface area contributed by atoms with Crippen LogP contribution in [0.15, 0.2) is 42.1 Å². The Morgan fingerprint density at radius 1 is 1.00 bits per heavy atom. The SMILES string of the molecule is CC(C)(C)OC(=O)N1CCC(C2CCN(C3=CCN(Cc4ccccc4)CC3(F)F)CC2)CC1. The molecule has 3 heterocycles. The van der Waals surface area contributed by atoms with Crippen LogP contribution in [-0.4, -0.2) is 71.6 Å². The summed E-state index contributed by atoms with van der Waals surface area (Å²) in [6, 6.07) is 9.81. The van der Waals surface area contributed by atoms with Crippen LogP contribution in [0, 0.1) is 11.8 Å². The van der Waals surface area contributed by atoms with Crippen LogP contribution in [0.3, 0.4) is 0 Å². The summed E-state index contributed by atoms with van der Waals surface area (Å²) in [4.78, 5) is 17.9. The topological polar surface area (TPSA) is 36.0 Å². The number of likely N-dealkylation sites (tertiary alicyclic amines) is 2. The highest BCUT2D eigenvalue weighted by molar-refractivity contribution is 5.68. The fraction of sp³-hybridized carbons (Fsp3) is 0.667. The van der Waals surface area contributed by atoms with E-state index < -0.39 is 11.5 Å². The Bertz CT molecular complexity index is 852. The molecule has 0 atom stereocenters. The van der Waals surface area contributed by atoms with Gasteiger partial charge >= 0.3 is 6.09 Å². The summed E-state index contributed by atoms with van der Waals surface area (Å²) < 4.78 is 35.7. The number of rotatable bonds is 4. The van der Waals surface area contributed by atoms with Gasteiger partial charge in [-0.3, -0.25) is 4.90 Å². The highest BCUT2D eigenvalue weighted by atomic mass is 19.3. The molecule has 0 bridgehead atoms. The minimum atomic E-state index is -2.82. The van der Waals surface area contributed by atoms with E-state index in [1.54, 1.807) is 6.08 Å². The van der Waals surface area contributed by atoms with E-state index in [-0.39, 0.29) is 18.3 Å². The number of carbonyl (C=O) groups excluding carboxylic acids is 1. The molecule has 34 heavy (non-hydrogen) atoms. The zero-order valence-corrected chi connectivity index (χ0v) is 20.8. The number of halogens is 2. The molecule has 3 aliphatic rings. The molecule has 0 aliphatic carbocycles. The zero-order valence-electron chi connectivity index (χ0n) is 20.8. The summed E-state index contributed by atoms with van der Waals surface area (Å²) in [5, 5.41) is 0. The van der Waals surface area contributed by atoms with Gasteiger partial charge in [-0.15, -0.1) is 0 Å². The Labute approximate surface area is 202 Å². The van der Waals surface area contributed by atoms with Crippen molar-refractivity contribution in [3.63, 3.8) is 0 Å². The maximum absolute atomic E-state index is 15.1. The number of ether oxygens (including phenoxy) is 1. The quantitative estimate of drug-likeness (QED) is 0.586. The molecule has 0 aromatic heterocycles. The first-order valence-corrected chi connectivity index (χ1v) is 12.7. The number of nitrogens with zero attached hydrogens (tertiary/aromatic N) is 3. The minimum Gasteiger partial charge on any atom is -0.444 e. The largest absolute Gasteiger partial charge is 0.444 e. The van der Waals surface area contributed by atoms with Crippen molar-refractivity contribution in [2.24, 2.45) is 11.8 Å². The Hall–Kier alpha value is -2.15. The van der Waals surface area contributed by atoms with E-state index >= 15 is 8.78 Å². The van der Waals surface area contributed by atoms with Crippen molar-refractivity contribution in [2.45, 2.75) is 64.5 Å². The summed E-state index contributed by atoms with van der Waals surface area (Å²) in [7, 11) is 0. The maximum Gasteiger partial charge on any atom is 0.410 e. The molecule has 1 aromatic rings. The molecular weight excluding hydrogens is 436 g/mol. The number of hydrogen-bond donors (Lipinski definition) is 0. The molecule has 5 nitrogen and oxygen atoms in total. The van der Waals surface area contributed by atoms with Crippen LogP contribution in [0.5, 0.6) is 0 Å². The Morgan fingerprint density at radius 3 is 2.15 bits per heavy atom. The van der Waals surface area contributed by atoms with Crippen LogP contribution in [0.4, 0.5) is 13.6 Å². The van der Waals surface area contributed by atoms with Gasteiger partial charge in [-0.25, -0.2) is 4.79 Å². The molecule has 0 radical (unpaired) electrons. The van der Waals surface area contributed by atoms with Crippen LogP contribution in [-0.2, 0) is 11.3 Å². The summed E-state index contributed by atoms with van der Waals surface area (Å²) >= 11 is 0. The third-order valence-corrected chi connectivity index (χ3v) is 7.33. The standard InChI is InChI=1S/C27H39F2N3O2/c1-26(2,3)34-25(33)32-17-11-23(12-18-32)22-9-15-31(16-10-22)24-13-14-30(20-27(24,28)29)19-21-7-5-4-6-8-21/h4-8,13,22-23H,9-12,14-20H2,1-3H3. The van der Waals surface area contributed by atoms with E-state index in [4.69, 9.17) is 4.74 Å². The third-order valence-electron chi connectivity index (χ3n) is 7.33. The summed E-state index contributed by atoms with van der Waals surface area (Å²) in [5.74, 6) is -1.72. The van der Waals surface area contributed by atoms with Crippen molar-refractivity contribution in [3.8, 4) is 0 Å². The lowest BCUT2D eigenvalue weighted by Gasteiger charge is -2.44. The second-order valence-corrected chi connectivity index (χ2v) is 11.1. The lowest BCUT2D eigenvalue weighted by Crippen LogP contribution is -2.49. The molecule has 0 N–H and O–H groups in total. The van der Waals surface area contributed by atoms with E-state index in [1.165, 1.54) is 0 Å². The van der Waals surface area contributed by atoms with Gasteiger partial charge in [0.05, 0.1) is 12.2 Å². The Balaban J connectivity index is 1.26. The molecule has 1 amide bonds. The van der Waals surface area contributed by atoms with Gasteiger partial charge in [0.15, 0.2) is 0 Å². The summed E-state index contributed by atoms with van der Waals surface area (Å²) in [6.07, 6.45) is 5.34. The lowest BCUT2D eigenvalue weighted by atomic mass is 9.78. The first kappa shape index (κ1) is 25.0. The van der Waals surface area contributed by atoms with Gasteiger partial charge in [0.25, 0.3) is 5.92 Å². The molecule has 0 unspecified atom stereocenters.